The minimum atomic E-state index is -0.197. The molecule has 4 rings (SSSR count). The number of carbonyl (C=O) groups excluding carboxylic acids is 1. The highest BCUT2D eigenvalue weighted by molar-refractivity contribution is 7.07. The van der Waals surface area contributed by atoms with Crippen LogP contribution < -0.4 is 5.32 Å². The summed E-state index contributed by atoms with van der Waals surface area (Å²) in [7, 11) is 0. The Hall–Kier alpha value is -2.55. The van der Waals surface area contributed by atoms with E-state index in [4.69, 9.17) is 9.47 Å². The van der Waals surface area contributed by atoms with Crippen LogP contribution in [0.5, 0.6) is 0 Å². The molecule has 27 heavy (non-hydrogen) atoms. The van der Waals surface area contributed by atoms with Crippen molar-refractivity contribution >= 4 is 17.2 Å². The van der Waals surface area contributed by atoms with E-state index >= 15 is 0 Å². The third-order valence-corrected chi connectivity index (χ3v) is 5.08. The number of nitrogens with one attached hydrogen (secondary N) is 2. The summed E-state index contributed by atoms with van der Waals surface area (Å²) in [5.74, 6) is 0.609. The fourth-order valence-corrected chi connectivity index (χ4v) is 3.57. The maximum absolute atomic E-state index is 12.8. The van der Waals surface area contributed by atoms with Crippen LogP contribution in [0.2, 0.25) is 0 Å². The van der Waals surface area contributed by atoms with Crippen molar-refractivity contribution in [1.29, 1.82) is 0 Å². The zero-order valence-corrected chi connectivity index (χ0v) is 15.4. The molecule has 1 amide bonds. The van der Waals surface area contributed by atoms with E-state index in [0.717, 1.165) is 17.1 Å². The number of carbonyl (C=O) groups is 1. The van der Waals surface area contributed by atoms with Crippen LogP contribution in [0.1, 0.15) is 22.5 Å². The van der Waals surface area contributed by atoms with Gasteiger partial charge in [-0.1, -0.05) is 12.1 Å². The van der Waals surface area contributed by atoms with Gasteiger partial charge in [-0.15, -0.1) is 11.3 Å². The Morgan fingerprint density at radius 1 is 1.41 bits per heavy atom. The molecule has 2 atom stereocenters. The number of nitrogens with zero attached hydrogens (tertiary/aromatic N) is 2. The highest BCUT2D eigenvalue weighted by Crippen LogP contribution is 2.18. The van der Waals surface area contributed by atoms with Crippen LogP contribution in [0.15, 0.2) is 47.5 Å². The normalized spacial score (nSPS) is 19.7. The molecule has 0 spiro atoms. The van der Waals surface area contributed by atoms with Crippen molar-refractivity contribution in [3.05, 3.63) is 58.8 Å². The van der Waals surface area contributed by atoms with Gasteiger partial charge in [-0.25, -0.2) is 9.97 Å². The van der Waals surface area contributed by atoms with Gasteiger partial charge in [0.1, 0.15) is 11.9 Å². The fraction of sp³-hybridized carbons (Fsp3) is 0.316. The van der Waals surface area contributed by atoms with E-state index in [0.29, 0.717) is 31.8 Å². The number of H-pyrrole nitrogens is 1. The van der Waals surface area contributed by atoms with Gasteiger partial charge in [0.15, 0.2) is 0 Å². The van der Waals surface area contributed by atoms with Crippen molar-refractivity contribution in [2.75, 3.05) is 13.2 Å². The van der Waals surface area contributed by atoms with Gasteiger partial charge in [-0.2, -0.15) is 0 Å². The van der Waals surface area contributed by atoms with Crippen LogP contribution in [-0.4, -0.2) is 46.2 Å². The summed E-state index contributed by atoms with van der Waals surface area (Å²) < 4.78 is 11.5. The number of imidazole rings is 1. The summed E-state index contributed by atoms with van der Waals surface area (Å²) in [6.07, 6.45) is 3.96. The third kappa shape index (κ3) is 4.41. The Morgan fingerprint density at radius 3 is 3.19 bits per heavy atom. The van der Waals surface area contributed by atoms with Crippen molar-refractivity contribution in [1.82, 2.24) is 20.3 Å². The molecule has 0 bridgehead atoms. The second-order valence-corrected chi connectivity index (χ2v) is 7.01. The first kappa shape index (κ1) is 17.8. The molecular formula is C19H20N4O3S. The first-order valence-electron chi connectivity index (χ1n) is 8.76. The number of aromatic amines is 1. The lowest BCUT2D eigenvalue weighted by Crippen LogP contribution is -2.49. The Morgan fingerprint density at radius 2 is 2.37 bits per heavy atom. The molecule has 2 aromatic heterocycles. The summed E-state index contributed by atoms with van der Waals surface area (Å²) >= 11 is 1.54. The molecular weight excluding hydrogens is 364 g/mol. The number of ether oxygens (including phenoxy) is 2. The van der Waals surface area contributed by atoms with Gasteiger partial charge in [0.25, 0.3) is 5.91 Å². The minimum absolute atomic E-state index is 0.0999. The van der Waals surface area contributed by atoms with E-state index in [9.17, 15) is 4.79 Å². The van der Waals surface area contributed by atoms with Crippen molar-refractivity contribution in [3.63, 3.8) is 0 Å². The summed E-state index contributed by atoms with van der Waals surface area (Å²) in [5, 5.41) is 5.05. The van der Waals surface area contributed by atoms with Crippen molar-refractivity contribution in [3.8, 4) is 11.4 Å². The van der Waals surface area contributed by atoms with Crippen LogP contribution in [0.4, 0.5) is 0 Å². The molecule has 0 radical (unpaired) electrons. The van der Waals surface area contributed by atoms with Crippen LogP contribution in [0, 0.1) is 0 Å². The van der Waals surface area contributed by atoms with Gasteiger partial charge in [-0.3, -0.25) is 4.79 Å². The largest absolute Gasteiger partial charge is 0.379 e. The van der Waals surface area contributed by atoms with E-state index in [2.05, 4.69) is 20.3 Å². The van der Waals surface area contributed by atoms with E-state index < -0.39 is 0 Å². The van der Waals surface area contributed by atoms with Gasteiger partial charge in [0.2, 0.25) is 0 Å². The summed E-state index contributed by atoms with van der Waals surface area (Å²) in [4.78, 5) is 24.3. The number of amides is 1. The highest BCUT2D eigenvalue weighted by Gasteiger charge is 2.28. The van der Waals surface area contributed by atoms with Gasteiger partial charge >= 0.3 is 0 Å². The molecule has 1 fully saturated rings. The number of benzene rings is 1. The number of hydrogen-bond donors (Lipinski definition) is 2. The van der Waals surface area contributed by atoms with Crippen LogP contribution in [-0.2, 0) is 16.1 Å². The fourth-order valence-electron chi connectivity index (χ4n) is 3.03. The molecule has 3 aromatic rings. The average molecular weight is 384 g/mol. The van der Waals surface area contributed by atoms with Gasteiger partial charge < -0.3 is 19.8 Å². The minimum Gasteiger partial charge on any atom is -0.379 e. The first-order chi connectivity index (χ1) is 13.3. The smallest absolute Gasteiger partial charge is 0.251 e. The molecule has 3 heterocycles. The molecule has 1 aromatic carbocycles. The molecule has 1 aliphatic heterocycles. The summed E-state index contributed by atoms with van der Waals surface area (Å²) in [6, 6.07) is 7.30. The first-order valence-corrected chi connectivity index (χ1v) is 9.71. The van der Waals surface area contributed by atoms with Gasteiger partial charge in [0.05, 0.1) is 30.5 Å². The maximum Gasteiger partial charge on any atom is 0.251 e. The van der Waals surface area contributed by atoms with Crippen molar-refractivity contribution < 1.29 is 14.3 Å². The molecule has 1 aliphatic rings. The monoisotopic (exact) mass is 384 g/mol. The zero-order valence-electron chi connectivity index (χ0n) is 14.6. The molecule has 0 saturated carbocycles. The molecule has 1 saturated heterocycles. The number of thiazole rings is 1. The predicted octanol–water partition coefficient (Wildman–Crippen LogP) is 2.64. The predicted molar refractivity (Wildman–Crippen MR) is 101 cm³/mol. The Bertz CT molecular complexity index is 867. The van der Waals surface area contributed by atoms with Gasteiger partial charge in [0, 0.05) is 35.5 Å². The van der Waals surface area contributed by atoms with Gasteiger partial charge in [-0.05, 0) is 18.6 Å². The molecule has 140 valence electrons. The van der Waals surface area contributed by atoms with Crippen molar-refractivity contribution in [2.45, 2.75) is 25.2 Å². The molecule has 2 N–H and O–H groups in total. The van der Waals surface area contributed by atoms with E-state index in [1.165, 1.54) is 11.3 Å². The molecule has 0 aliphatic carbocycles. The third-order valence-electron chi connectivity index (χ3n) is 4.45. The summed E-state index contributed by atoms with van der Waals surface area (Å²) in [5.41, 5.74) is 4.13. The zero-order chi connectivity index (χ0) is 18.5. The summed E-state index contributed by atoms with van der Waals surface area (Å²) in [6.45, 7) is 1.48. The molecule has 7 nitrogen and oxygen atoms in total. The SMILES string of the molecule is O=C(N[C@H]1CCOC[C@@H]1OCc1cscn1)c1cccc(-c2ncc[nH]2)c1. The lowest BCUT2D eigenvalue weighted by Gasteiger charge is -2.32. The van der Waals surface area contributed by atoms with E-state index in [-0.39, 0.29) is 18.1 Å². The molecule has 0 unspecified atom stereocenters. The lowest BCUT2D eigenvalue weighted by molar-refractivity contribution is -0.0742. The maximum atomic E-state index is 12.8. The number of rotatable bonds is 6. The van der Waals surface area contributed by atoms with Crippen molar-refractivity contribution in [2.24, 2.45) is 0 Å². The number of hydrogen-bond acceptors (Lipinski definition) is 6. The quantitative estimate of drug-likeness (QED) is 0.682. The van der Waals surface area contributed by atoms with E-state index in [1.807, 2.05) is 23.6 Å². The van der Waals surface area contributed by atoms with Crippen LogP contribution in [0.3, 0.4) is 0 Å². The topological polar surface area (TPSA) is 89.1 Å². The van der Waals surface area contributed by atoms with Crippen LogP contribution in [0.25, 0.3) is 11.4 Å². The Labute approximate surface area is 160 Å². The Balaban J connectivity index is 1.42. The highest BCUT2D eigenvalue weighted by atomic mass is 32.1. The van der Waals surface area contributed by atoms with Crippen LogP contribution >= 0.6 is 11.3 Å². The second kappa shape index (κ2) is 8.43. The lowest BCUT2D eigenvalue weighted by atomic mass is 10.0. The number of aromatic nitrogens is 3. The standard InChI is InChI=1S/C19H20N4O3S/c24-19(14-3-1-2-13(8-14)18-20-5-6-21-18)23-16-4-7-25-10-17(16)26-9-15-11-27-12-22-15/h1-3,5-6,8,11-12,16-17H,4,7,9-10H2,(H,20,21)(H,23,24)/t16-,17-/m0/s1. The molecule has 8 heteroatoms. The second-order valence-electron chi connectivity index (χ2n) is 6.29. The Kier molecular flexibility index (Phi) is 5.57. The average Bonchev–Trinajstić information content (AvgIpc) is 3.41. The van der Waals surface area contributed by atoms with E-state index in [1.54, 1.807) is 24.0 Å².